The van der Waals surface area contributed by atoms with Crippen LogP contribution in [0.4, 0.5) is 15.9 Å². The van der Waals surface area contributed by atoms with Crippen LogP contribution in [0.15, 0.2) is 41.1 Å². The molecule has 0 radical (unpaired) electrons. The van der Waals surface area contributed by atoms with Crippen molar-refractivity contribution in [2.75, 3.05) is 24.3 Å². The van der Waals surface area contributed by atoms with E-state index in [0.29, 0.717) is 5.69 Å². The number of anilines is 2. The van der Waals surface area contributed by atoms with Crippen molar-refractivity contribution >= 4 is 29.0 Å². The summed E-state index contributed by atoms with van der Waals surface area (Å²) < 4.78 is 19.3. The molecular weight excluding hydrogens is 359 g/mol. The Morgan fingerprint density at radius 3 is 2.65 bits per heavy atom. The van der Waals surface area contributed by atoms with Crippen LogP contribution in [0.1, 0.15) is 16.1 Å². The average Bonchev–Trinajstić information content (AvgIpc) is 2.96. The molecular formula is C18H16ClFN4O2. The molecule has 134 valence electrons. The minimum absolute atomic E-state index is 0.0252. The Bertz CT molecular complexity index is 934. The minimum Gasteiger partial charge on any atom is -0.363 e. The zero-order chi connectivity index (χ0) is 18.8. The Morgan fingerprint density at radius 1 is 1.27 bits per heavy atom. The fourth-order valence-corrected chi connectivity index (χ4v) is 2.70. The van der Waals surface area contributed by atoms with Gasteiger partial charge in [-0.1, -0.05) is 22.8 Å². The number of amides is 1. The molecule has 6 nitrogen and oxygen atoms in total. The number of aryl methyl sites for hydroxylation is 1. The number of carbonyl (C=O) groups is 1. The zero-order valence-corrected chi connectivity index (χ0v) is 15.1. The molecule has 0 atom stereocenters. The van der Waals surface area contributed by atoms with Crippen molar-refractivity contribution in [2.45, 2.75) is 6.92 Å². The number of carbonyl (C=O) groups excluding carboxylic acids is 1. The summed E-state index contributed by atoms with van der Waals surface area (Å²) in [6.07, 6.45) is 1.53. The van der Waals surface area contributed by atoms with Crippen LogP contribution in [0.2, 0.25) is 5.02 Å². The van der Waals surface area contributed by atoms with Gasteiger partial charge in [-0.2, -0.15) is 0 Å². The first-order valence-corrected chi connectivity index (χ1v) is 8.11. The summed E-state index contributed by atoms with van der Waals surface area (Å²) in [6.45, 7) is 1.58. The third-order valence-corrected chi connectivity index (χ3v) is 4.07. The monoisotopic (exact) mass is 374 g/mol. The van der Waals surface area contributed by atoms with Gasteiger partial charge in [0.15, 0.2) is 0 Å². The lowest BCUT2D eigenvalue weighted by atomic mass is 10.0. The second-order valence-electron chi connectivity index (χ2n) is 5.81. The van der Waals surface area contributed by atoms with Crippen LogP contribution in [0.5, 0.6) is 0 Å². The van der Waals surface area contributed by atoms with Crippen LogP contribution in [-0.4, -0.2) is 30.1 Å². The topological polar surface area (TPSA) is 71.3 Å². The van der Waals surface area contributed by atoms with E-state index in [1.54, 1.807) is 19.1 Å². The summed E-state index contributed by atoms with van der Waals surface area (Å²) in [5.74, 6) is -0.0630. The van der Waals surface area contributed by atoms with E-state index in [2.05, 4.69) is 15.5 Å². The Morgan fingerprint density at radius 2 is 2.04 bits per heavy atom. The number of benzene rings is 1. The van der Waals surface area contributed by atoms with Gasteiger partial charge in [0.05, 0.1) is 22.5 Å². The quantitative estimate of drug-likeness (QED) is 0.742. The molecule has 0 bridgehead atoms. The summed E-state index contributed by atoms with van der Waals surface area (Å²) >= 11 is 6.09. The molecule has 2 aromatic heterocycles. The standard InChI is InChI=1S/C18H16ClFN4O2/c1-10-15(17(23-26-10)16-12(19)5-4-6-13(16)20)18(25)22-11-7-8-14(21-9-11)24(2)3/h4-9H,1-3H3,(H,22,25). The van der Waals surface area contributed by atoms with E-state index in [1.165, 1.54) is 24.4 Å². The number of nitrogens with one attached hydrogen (secondary N) is 1. The van der Waals surface area contributed by atoms with Crippen LogP contribution in [0, 0.1) is 12.7 Å². The molecule has 26 heavy (non-hydrogen) atoms. The van der Waals surface area contributed by atoms with E-state index in [9.17, 15) is 9.18 Å². The van der Waals surface area contributed by atoms with Crippen LogP contribution >= 0.6 is 11.6 Å². The number of rotatable bonds is 4. The lowest BCUT2D eigenvalue weighted by Gasteiger charge is -2.12. The lowest BCUT2D eigenvalue weighted by Crippen LogP contribution is -2.15. The van der Waals surface area contributed by atoms with Crippen molar-refractivity contribution in [1.29, 1.82) is 0 Å². The van der Waals surface area contributed by atoms with E-state index < -0.39 is 11.7 Å². The van der Waals surface area contributed by atoms with Gasteiger partial charge in [-0.15, -0.1) is 0 Å². The molecule has 0 unspecified atom stereocenters. The van der Waals surface area contributed by atoms with Gasteiger partial charge >= 0.3 is 0 Å². The van der Waals surface area contributed by atoms with Crippen LogP contribution < -0.4 is 10.2 Å². The predicted octanol–water partition coefficient (Wildman–Crippen LogP) is 4.16. The highest BCUT2D eigenvalue weighted by Gasteiger charge is 2.25. The van der Waals surface area contributed by atoms with Gasteiger partial charge in [0.25, 0.3) is 5.91 Å². The van der Waals surface area contributed by atoms with Gasteiger partial charge in [-0.3, -0.25) is 4.79 Å². The molecule has 3 rings (SSSR count). The number of aromatic nitrogens is 2. The number of halogens is 2. The van der Waals surface area contributed by atoms with Gasteiger partial charge in [0.2, 0.25) is 0 Å². The minimum atomic E-state index is -0.586. The van der Waals surface area contributed by atoms with E-state index >= 15 is 0 Å². The summed E-state index contributed by atoms with van der Waals surface area (Å²) in [5, 5.41) is 6.68. The van der Waals surface area contributed by atoms with Crippen LogP contribution in [-0.2, 0) is 0 Å². The Kier molecular flexibility index (Phi) is 4.90. The molecule has 1 aromatic carbocycles. The number of nitrogens with zero attached hydrogens (tertiary/aromatic N) is 3. The maximum absolute atomic E-state index is 14.2. The molecule has 1 N–H and O–H groups in total. The van der Waals surface area contributed by atoms with E-state index in [1.807, 2.05) is 19.0 Å². The second kappa shape index (κ2) is 7.13. The smallest absolute Gasteiger partial charge is 0.261 e. The fourth-order valence-electron chi connectivity index (χ4n) is 2.45. The Labute approximate surface area is 154 Å². The first-order valence-electron chi connectivity index (χ1n) is 7.74. The van der Waals surface area contributed by atoms with Gasteiger partial charge in [0.1, 0.15) is 28.7 Å². The molecule has 8 heteroatoms. The second-order valence-corrected chi connectivity index (χ2v) is 6.22. The molecule has 2 heterocycles. The fraction of sp³-hybridized carbons (Fsp3) is 0.167. The summed E-state index contributed by atoms with van der Waals surface area (Å²) in [4.78, 5) is 18.8. The average molecular weight is 375 g/mol. The van der Waals surface area contributed by atoms with E-state index in [0.717, 1.165) is 5.82 Å². The molecule has 0 saturated heterocycles. The lowest BCUT2D eigenvalue weighted by molar-refractivity contribution is 0.102. The largest absolute Gasteiger partial charge is 0.363 e. The third-order valence-electron chi connectivity index (χ3n) is 3.75. The Hall–Kier alpha value is -2.93. The third kappa shape index (κ3) is 3.39. The summed E-state index contributed by atoms with van der Waals surface area (Å²) in [6, 6.07) is 7.74. The molecule has 1 amide bonds. The van der Waals surface area contributed by atoms with Crippen molar-refractivity contribution in [1.82, 2.24) is 10.1 Å². The highest BCUT2D eigenvalue weighted by molar-refractivity contribution is 6.33. The van der Waals surface area contributed by atoms with E-state index in [4.69, 9.17) is 16.1 Å². The van der Waals surface area contributed by atoms with Gasteiger partial charge < -0.3 is 14.7 Å². The number of pyridine rings is 1. The van der Waals surface area contributed by atoms with Crippen molar-refractivity contribution in [3.8, 4) is 11.3 Å². The van der Waals surface area contributed by atoms with Gasteiger partial charge in [-0.25, -0.2) is 9.37 Å². The maximum Gasteiger partial charge on any atom is 0.261 e. The molecule has 3 aromatic rings. The van der Waals surface area contributed by atoms with Crippen molar-refractivity contribution in [3.63, 3.8) is 0 Å². The summed E-state index contributed by atoms with van der Waals surface area (Å²) in [7, 11) is 3.73. The first-order chi connectivity index (χ1) is 12.4. The summed E-state index contributed by atoms with van der Waals surface area (Å²) in [5.41, 5.74) is 0.693. The number of hydrogen-bond donors (Lipinski definition) is 1. The highest BCUT2D eigenvalue weighted by atomic mass is 35.5. The molecule has 0 aliphatic heterocycles. The van der Waals surface area contributed by atoms with Crippen LogP contribution in [0.3, 0.4) is 0 Å². The van der Waals surface area contributed by atoms with E-state index in [-0.39, 0.29) is 27.6 Å². The van der Waals surface area contributed by atoms with Gasteiger partial charge in [-0.05, 0) is 31.2 Å². The molecule has 0 spiro atoms. The molecule has 0 aliphatic rings. The number of hydrogen-bond acceptors (Lipinski definition) is 5. The SMILES string of the molecule is Cc1onc(-c2c(F)cccc2Cl)c1C(=O)Nc1ccc(N(C)C)nc1. The van der Waals surface area contributed by atoms with Crippen LogP contribution in [0.25, 0.3) is 11.3 Å². The zero-order valence-electron chi connectivity index (χ0n) is 14.4. The first kappa shape index (κ1) is 17.9. The molecule has 0 aliphatic carbocycles. The van der Waals surface area contributed by atoms with Crippen molar-refractivity contribution in [3.05, 3.63) is 58.7 Å². The molecule has 0 fully saturated rings. The molecule has 0 saturated carbocycles. The Balaban J connectivity index is 1.95. The normalized spacial score (nSPS) is 10.7. The highest BCUT2D eigenvalue weighted by Crippen LogP contribution is 2.33. The maximum atomic E-state index is 14.2. The van der Waals surface area contributed by atoms with Crippen molar-refractivity contribution < 1.29 is 13.7 Å². The predicted molar refractivity (Wildman–Crippen MR) is 98.2 cm³/mol. The van der Waals surface area contributed by atoms with Crippen molar-refractivity contribution in [2.24, 2.45) is 0 Å². The van der Waals surface area contributed by atoms with Gasteiger partial charge in [0, 0.05) is 14.1 Å².